The summed E-state index contributed by atoms with van der Waals surface area (Å²) in [6, 6.07) is 1.81. The van der Waals surface area contributed by atoms with E-state index in [1.165, 1.54) is 6.92 Å². The summed E-state index contributed by atoms with van der Waals surface area (Å²) in [7, 11) is 0. The third-order valence-corrected chi connectivity index (χ3v) is 3.72. The van der Waals surface area contributed by atoms with Crippen molar-refractivity contribution in [1.29, 1.82) is 5.26 Å². The van der Waals surface area contributed by atoms with Crippen molar-refractivity contribution in [2.24, 2.45) is 17.1 Å². The van der Waals surface area contributed by atoms with Crippen LogP contribution in [0.2, 0.25) is 0 Å². The van der Waals surface area contributed by atoms with E-state index in [1.807, 2.05) is 6.07 Å². The summed E-state index contributed by atoms with van der Waals surface area (Å²) >= 11 is 0. The summed E-state index contributed by atoms with van der Waals surface area (Å²) in [6.07, 6.45) is 0.345. The average Bonchev–Trinajstić information content (AvgIpc) is 2.61. The van der Waals surface area contributed by atoms with Gasteiger partial charge in [-0.2, -0.15) is 5.26 Å². The molecule has 18 heavy (non-hydrogen) atoms. The number of nitriles is 1. The molecule has 0 radical (unpaired) electrons. The quantitative estimate of drug-likeness (QED) is 0.428. The van der Waals surface area contributed by atoms with Crippen LogP contribution in [-0.2, 0) is 9.59 Å². The minimum absolute atomic E-state index is 0.116. The van der Waals surface area contributed by atoms with Gasteiger partial charge in [0, 0.05) is 5.92 Å². The van der Waals surface area contributed by atoms with Gasteiger partial charge < -0.3 is 21.5 Å². The highest BCUT2D eigenvalue weighted by molar-refractivity contribution is 6.13. The van der Waals surface area contributed by atoms with Crippen LogP contribution in [0.15, 0.2) is 11.4 Å². The Bertz CT molecular complexity index is 517. The van der Waals surface area contributed by atoms with Gasteiger partial charge in [-0.15, -0.1) is 0 Å². The lowest BCUT2D eigenvalue weighted by Crippen LogP contribution is -2.46. The summed E-state index contributed by atoms with van der Waals surface area (Å²) in [5, 5.41) is 24.0. The van der Waals surface area contributed by atoms with Crippen LogP contribution in [-0.4, -0.2) is 22.6 Å². The van der Waals surface area contributed by atoms with Crippen LogP contribution in [0.3, 0.4) is 0 Å². The molecule has 3 atom stereocenters. The van der Waals surface area contributed by atoms with E-state index in [0.29, 0.717) is 6.42 Å². The van der Waals surface area contributed by atoms with E-state index in [-0.39, 0.29) is 11.4 Å². The minimum atomic E-state index is -1.71. The number of rotatable bonds is 1. The Balaban J connectivity index is 2.70. The van der Waals surface area contributed by atoms with Gasteiger partial charge in [-0.1, -0.05) is 6.92 Å². The zero-order chi connectivity index (χ0) is 13.7. The summed E-state index contributed by atoms with van der Waals surface area (Å²) in [4.78, 5) is 24.2. The van der Waals surface area contributed by atoms with Crippen molar-refractivity contribution in [3.8, 4) is 6.07 Å². The van der Waals surface area contributed by atoms with Crippen molar-refractivity contribution >= 4 is 11.8 Å². The lowest BCUT2D eigenvalue weighted by atomic mass is 9.68. The van der Waals surface area contributed by atoms with Gasteiger partial charge in [-0.3, -0.25) is 9.59 Å². The van der Waals surface area contributed by atoms with Gasteiger partial charge >= 0.3 is 0 Å². The number of carbonyl (C=O) groups excluding carboxylic acids is 2. The van der Waals surface area contributed by atoms with Crippen LogP contribution >= 0.6 is 0 Å². The van der Waals surface area contributed by atoms with Gasteiger partial charge in [0.15, 0.2) is 5.41 Å². The van der Waals surface area contributed by atoms with Gasteiger partial charge in [0.2, 0.25) is 11.8 Å². The van der Waals surface area contributed by atoms with Crippen LogP contribution in [0.4, 0.5) is 0 Å². The number of nitrogens with one attached hydrogen (secondary N) is 2. The fourth-order valence-electron chi connectivity index (χ4n) is 3.01. The molecule has 0 bridgehead atoms. The minimum Gasteiger partial charge on any atom is -0.384 e. The largest absolute Gasteiger partial charge is 0.384 e. The number of aliphatic hydroxyl groups is 1. The predicted octanol–water partition coefficient (Wildman–Crippen LogP) is -1.34. The van der Waals surface area contributed by atoms with Crippen molar-refractivity contribution in [1.82, 2.24) is 10.6 Å². The maximum absolute atomic E-state index is 12.1. The van der Waals surface area contributed by atoms with Crippen LogP contribution in [0.1, 0.15) is 20.3 Å². The Kier molecular flexibility index (Phi) is 2.38. The van der Waals surface area contributed by atoms with E-state index in [4.69, 9.17) is 11.0 Å². The van der Waals surface area contributed by atoms with Crippen molar-refractivity contribution in [3.05, 3.63) is 11.4 Å². The number of carbonyl (C=O) groups is 2. The Hall–Kier alpha value is -2.07. The van der Waals surface area contributed by atoms with Crippen LogP contribution in [0.25, 0.3) is 0 Å². The van der Waals surface area contributed by atoms with Crippen molar-refractivity contribution in [3.63, 3.8) is 0 Å². The molecular formula is C11H14N4O3. The molecule has 2 aliphatic heterocycles. The normalized spacial score (nSPS) is 38.9. The van der Waals surface area contributed by atoms with E-state index in [0.717, 1.165) is 0 Å². The first-order valence-corrected chi connectivity index (χ1v) is 5.59. The van der Waals surface area contributed by atoms with E-state index in [9.17, 15) is 14.7 Å². The first-order chi connectivity index (χ1) is 8.32. The van der Waals surface area contributed by atoms with Crippen molar-refractivity contribution in [2.75, 3.05) is 0 Å². The van der Waals surface area contributed by atoms with Crippen molar-refractivity contribution < 1.29 is 14.7 Å². The molecular weight excluding hydrogens is 236 g/mol. The SMILES string of the molecule is CCC1C(C)(O)NC(=O)C12C(=O)NC(N)=C2C#N. The second kappa shape index (κ2) is 3.46. The zero-order valence-corrected chi connectivity index (χ0v) is 10.1. The number of hydrogen-bond acceptors (Lipinski definition) is 5. The van der Waals surface area contributed by atoms with E-state index in [2.05, 4.69) is 10.6 Å². The topological polar surface area (TPSA) is 128 Å². The number of amides is 2. The maximum Gasteiger partial charge on any atom is 0.247 e. The number of nitrogens with zero attached hydrogens (tertiary/aromatic N) is 1. The molecule has 2 aliphatic rings. The third kappa shape index (κ3) is 1.15. The van der Waals surface area contributed by atoms with E-state index in [1.54, 1.807) is 6.92 Å². The van der Waals surface area contributed by atoms with Crippen molar-refractivity contribution in [2.45, 2.75) is 26.0 Å². The summed E-state index contributed by atoms with van der Waals surface area (Å²) < 4.78 is 0. The molecule has 2 amide bonds. The van der Waals surface area contributed by atoms with Crippen LogP contribution in [0.5, 0.6) is 0 Å². The standard InChI is InChI=1S/C11H14N4O3/c1-3-6-10(2,18)15-9(17)11(6)5(4-12)7(13)14-8(11)16/h6,18H,3,13H2,1-2H3,(H,14,16)(H,15,17). The predicted molar refractivity (Wildman–Crippen MR) is 59.9 cm³/mol. The van der Waals surface area contributed by atoms with Gasteiger partial charge in [-0.25, -0.2) is 0 Å². The van der Waals surface area contributed by atoms with Gasteiger partial charge in [0.25, 0.3) is 0 Å². The Labute approximate surface area is 104 Å². The summed E-state index contributed by atoms with van der Waals surface area (Å²) in [6.45, 7) is 3.14. The molecule has 7 heteroatoms. The number of nitrogens with two attached hydrogens (primary N) is 1. The molecule has 1 fully saturated rings. The Morgan fingerprint density at radius 2 is 2.11 bits per heavy atom. The highest BCUT2D eigenvalue weighted by atomic mass is 16.3. The summed E-state index contributed by atoms with van der Waals surface area (Å²) in [5.74, 6) is -2.20. The Morgan fingerprint density at radius 1 is 1.50 bits per heavy atom. The van der Waals surface area contributed by atoms with E-state index < -0.39 is 28.9 Å². The highest BCUT2D eigenvalue weighted by Gasteiger charge is 2.68. The van der Waals surface area contributed by atoms with Crippen LogP contribution < -0.4 is 16.4 Å². The molecule has 1 spiro atoms. The third-order valence-electron chi connectivity index (χ3n) is 3.72. The van der Waals surface area contributed by atoms with Gasteiger partial charge in [-0.05, 0) is 13.3 Å². The van der Waals surface area contributed by atoms with E-state index >= 15 is 0 Å². The molecule has 2 heterocycles. The molecule has 0 saturated carbocycles. The zero-order valence-electron chi connectivity index (χ0n) is 10.1. The lowest BCUT2D eigenvalue weighted by Gasteiger charge is -2.30. The number of hydrogen-bond donors (Lipinski definition) is 4. The molecule has 0 aromatic rings. The first-order valence-electron chi connectivity index (χ1n) is 5.59. The molecule has 3 unspecified atom stereocenters. The molecule has 0 aromatic heterocycles. The molecule has 96 valence electrons. The average molecular weight is 250 g/mol. The molecule has 1 saturated heterocycles. The molecule has 5 N–H and O–H groups in total. The second-order valence-electron chi connectivity index (χ2n) is 4.73. The maximum atomic E-state index is 12.1. The summed E-state index contributed by atoms with van der Waals surface area (Å²) in [5.41, 5.74) is 2.19. The van der Waals surface area contributed by atoms with Crippen LogP contribution in [0, 0.1) is 22.7 Å². The molecule has 0 aromatic carbocycles. The molecule has 7 nitrogen and oxygen atoms in total. The Morgan fingerprint density at radius 3 is 2.61 bits per heavy atom. The fourth-order valence-corrected chi connectivity index (χ4v) is 3.01. The smallest absolute Gasteiger partial charge is 0.247 e. The highest BCUT2D eigenvalue weighted by Crippen LogP contribution is 2.50. The van der Waals surface area contributed by atoms with Gasteiger partial charge in [0.05, 0.1) is 5.57 Å². The fraction of sp³-hybridized carbons (Fsp3) is 0.545. The second-order valence-corrected chi connectivity index (χ2v) is 4.73. The van der Waals surface area contributed by atoms with Gasteiger partial charge in [0.1, 0.15) is 17.6 Å². The lowest BCUT2D eigenvalue weighted by molar-refractivity contribution is -0.138. The molecule has 0 aliphatic carbocycles. The molecule has 2 rings (SSSR count). The monoisotopic (exact) mass is 250 g/mol. The first kappa shape index (κ1) is 12.4.